The maximum absolute atomic E-state index is 11.9. The Morgan fingerprint density at radius 1 is 1.35 bits per heavy atom. The van der Waals surface area contributed by atoms with Crippen molar-refractivity contribution < 1.29 is 23.1 Å². The van der Waals surface area contributed by atoms with Crippen molar-refractivity contribution in [3.63, 3.8) is 0 Å². The van der Waals surface area contributed by atoms with Crippen molar-refractivity contribution in [3.05, 3.63) is 29.8 Å². The summed E-state index contributed by atoms with van der Waals surface area (Å²) < 4.78 is 22.8. The zero-order valence-electron chi connectivity index (χ0n) is 10.9. The van der Waals surface area contributed by atoms with Crippen LogP contribution in [-0.2, 0) is 14.6 Å². The number of carbonyl (C=O) groups excluding carboxylic acids is 1. The van der Waals surface area contributed by atoms with Gasteiger partial charge in [-0.3, -0.25) is 9.59 Å². The van der Waals surface area contributed by atoms with E-state index in [2.05, 4.69) is 5.32 Å². The molecule has 1 aliphatic carbocycles. The normalized spacial score (nSPS) is 16.4. The minimum atomic E-state index is -3.38. The number of carboxylic acids is 1. The van der Waals surface area contributed by atoms with Gasteiger partial charge in [-0.15, -0.1) is 0 Å². The largest absolute Gasteiger partial charge is 0.481 e. The van der Waals surface area contributed by atoms with Crippen LogP contribution >= 0.6 is 0 Å². The topological polar surface area (TPSA) is 101 Å². The van der Waals surface area contributed by atoms with E-state index in [1.807, 2.05) is 0 Å². The van der Waals surface area contributed by atoms with Crippen molar-refractivity contribution in [1.29, 1.82) is 0 Å². The quantitative estimate of drug-likeness (QED) is 0.832. The van der Waals surface area contributed by atoms with E-state index in [1.54, 1.807) is 0 Å². The SMILES string of the molecule is CS(=O)(=O)c1cccc(C(=O)NCC2(C(=O)O)CC2)c1. The third-order valence-electron chi connectivity index (χ3n) is 3.42. The molecule has 2 rings (SSSR count). The number of rotatable bonds is 5. The van der Waals surface area contributed by atoms with Crippen LogP contribution in [0.15, 0.2) is 29.2 Å². The molecule has 1 aromatic carbocycles. The molecule has 0 aliphatic heterocycles. The first-order valence-corrected chi connectivity index (χ1v) is 7.95. The summed E-state index contributed by atoms with van der Waals surface area (Å²) in [6.07, 6.45) is 2.16. The molecule has 6 nitrogen and oxygen atoms in total. The van der Waals surface area contributed by atoms with E-state index in [-0.39, 0.29) is 17.0 Å². The highest BCUT2D eigenvalue weighted by Gasteiger charge is 2.50. The summed E-state index contributed by atoms with van der Waals surface area (Å²) in [4.78, 5) is 23.0. The molecule has 1 fully saturated rings. The fraction of sp³-hybridized carbons (Fsp3) is 0.385. The Morgan fingerprint density at radius 3 is 2.50 bits per heavy atom. The number of carboxylic acid groups (broad SMARTS) is 1. The summed E-state index contributed by atoms with van der Waals surface area (Å²) >= 11 is 0. The van der Waals surface area contributed by atoms with Crippen molar-refractivity contribution in [1.82, 2.24) is 5.32 Å². The molecule has 0 bridgehead atoms. The van der Waals surface area contributed by atoms with Gasteiger partial charge in [-0.05, 0) is 31.0 Å². The van der Waals surface area contributed by atoms with Crippen molar-refractivity contribution >= 4 is 21.7 Å². The number of amides is 1. The predicted molar refractivity (Wildman–Crippen MR) is 71.2 cm³/mol. The first kappa shape index (κ1) is 14.5. The minimum absolute atomic E-state index is 0.0597. The van der Waals surface area contributed by atoms with Gasteiger partial charge in [-0.25, -0.2) is 8.42 Å². The lowest BCUT2D eigenvalue weighted by Gasteiger charge is -2.11. The molecule has 0 spiro atoms. The number of sulfone groups is 1. The monoisotopic (exact) mass is 297 g/mol. The van der Waals surface area contributed by atoms with E-state index in [4.69, 9.17) is 5.11 Å². The number of hydrogen-bond acceptors (Lipinski definition) is 4. The molecule has 20 heavy (non-hydrogen) atoms. The average Bonchev–Trinajstić information content (AvgIpc) is 3.16. The van der Waals surface area contributed by atoms with E-state index < -0.39 is 27.1 Å². The van der Waals surface area contributed by atoms with E-state index in [0.717, 1.165) is 6.26 Å². The van der Waals surface area contributed by atoms with Crippen LogP contribution in [0, 0.1) is 5.41 Å². The second-order valence-electron chi connectivity index (χ2n) is 5.07. The number of hydrogen-bond donors (Lipinski definition) is 2. The second-order valence-corrected chi connectivity index (χ2v) is 7.08. The standard InChI is InChI=1S/C13H15NO5S/c1-20(18,19)10-4-2-3-9(7-10)11(15)14-8-13(5-6-13)12(16)17/h2-4,7H,5-6,8H2,1H3,(H,14,15)(H,16,17). The van der Waals surface area contributed by atoms with Gasteiger partial charge in [0.2, 0.25) is 0 Å². The predicted octanol–water partition coefficient (Wildman–Crippen LogP) is 0.685. The van der Waals surface area contributed by atoms with Crippen LogP contribution in [0.3, 0.4) is 0 Å². The van der Waals surface area contributed by atoms with E-state index in [9.17, 15) is 18.0 Å². The van der Waals surface area contributed by atoms with Gasteiger partial charge in [-0.1, -0.05) is 6.07 Å². The van der Waals surface area contributed by atoms with Crippen LogP contribution in [0.4, 0.5) is 0 Å². The third-order valence-corrected chi connectivity index (χ3v) is 4.53. The number of nitrogens with one attached hydrogen (secondary N) is 1. The van der Waals surface area contributed by atoms with Gasteiger partial charge in [0.15, 0.2) is 9.84 Å². The average molecular weight is 297 g/mol. The van der Waals surface area contributed by atoms with Crippen LogP contribution in [-0.4, -0.2) is 38.2 Å². The molecule has 1 aromatic rings. The highest BCUT2D eigenvalue weighted by atomic mass is 32.2. The summed E-state index contributed by atoms with van der Waals surface area (Å²) in [6.45, 7) is 0.0598. The molecule has 108 valence electrons. The highest BCUT2D eigenvalue weighted by molar-refractivity contribution is 7.90. The Bertz CT molecular complexity index is 661. The maximum atomic E-state index is 11.9. The maximum Gasteiger partial charge on any atom is 0.311 e. The zero-order valence-corrected chi connectivity index (χ0v) is 11.7. The smallest absolute Gasteiger partial charge is 0.311 e. The van der Waals surface area contributed by atoms with Crippen LogP contribution < -0.4 is 5.32 Å². The Kier molecular flexibility index (Phi) is 3.56. The lowest BCUT2D eigenvalue weighted by Crippen LogP contribution is -2.34. The summed E-state index contributed by atoms with van der Waals surface area (Å²) in [5.41, 5.74) is -0.640. The van der Waals surface area contributed by atoms with Gasteiger partial charge < -0.3 is 10.4 Å². The summed E-state index contributed by atoms with van der Waals surface area (Å²) in [5.74, 6) is -1.38. The molecule has 1 saturated carbocycles. The minimum Gasteiger partial charge on any atom is -0.481 e. The lowest BCUT2D eigenvalue weighted by atomic mass is 10.1. The number of carbonyl (C=O) groups is 2. The Labute approximate surface area is 116 Å². The van der Waals surface area contributed by atoms with Crippen molar-refractivity contribution in [3.8, 4) is 0 Å². The number of benzene rings is 1. The summed E-state index contributed by atoms with van der Waals surface area (Å²) in [7, 11) is -3.38. The van der Waals surface area contributed by atoms with Crippen LogP contribution in [0.2, 0.25) is 0 Å². The molecule has 0 unspecified atom stereocenters. The molecule has 0 saturated heterocycles. The molecule has 1 amide bonds. The Balaban J connectivity index is 2.09. The van der Waals surface area contributed by atoms with E-state index in [1.165, 1.54) is 24.3 Å². The fourth-order valence-corrected chi connectivity index (χ4v) is 2.50. The van der Waals surface area contributed by atoms with Crippen molar-refractivity contribution in [2.75, 3.05) is 12.8 Å². The number of aliphatic carboxylic acids is 1. The van der Waals surface area contributed by atoms with Gasteiger partial charge in [0.25, 0.3) is 5.91 Å². The lowest BCUT2D eigenvalue weighted by molar-refractivity contribution is -0.143. The van der Waals surface area contributed by atoms with Crippen LogP contribution in [0.1, 0.15) is 23.2 Å². The molecule has 0 aromatic heterocycles. The molecular weight excluding hydrogens is 282 g/mol. The molecule has 0 radical (unpaired) electrons. The van der Waals surface area contributed by atoms with Crippen molar-refractivity contribution in [2.45, 2.75) is 17.7 Å². The fourth-order valence-electron chi connectivity index (χ4n) is 1.84. The van der Waals surface area contributed by atoms with Crippen LogP contribution in [0.5, 0.6) is 0 Å². The summed E-state index contributed by atoms with van der Waals surface area (Å²) in [6, 6.07) is 5.66. The Morgan fingerprint density at radius 2 is 2.00 bits per heavy atom. The summed E-state index contributed by atoms with van der Waals surface area (Å²) in [5, 5.41) is 11.6. The van der Waals surface area contributed by atoms with Crippen molar-refractivity contribution in [2.24, 2.45) is 5.41 Å². The van der Waals surface area contributed by atoms with Gasteiger partial charge in [0.05, 0.1) is 10.3 Å². The van der Waals surface area contributed by atoms with E-state index in [0.29, 0.717) is 12.8 Å². The molecule has 0 atom stereocenters. The van der Waals surface area contributed by atoms with Crippen LogP contribution in [0.25, 0.3) is 0 Å². The third kappa shape index (κ3) is 2.98. The molecule has 7 heteroatoms. The first-order valence-electron chi connectivity index (χ1n) is 6.06. The highest BCUT2D eigenvalue weighted by Crippen LogP contribution is 2.45. The van der Waals surface area contributed by atoms with Gasteiger partial charge in [0, 0.05) is 18.4 Å². The first-order chi connectivity index (χ1) is 9.24. The molecule has 1 aliphatic rings. The molecule has 0 heterocycles. The Hall–Kier alpha value is -1.89. The van der Waals surface area contributed by atoms with Gasteiger partial charge >= 0.3 is 5.97 Å². The van der Waals surface area contributed by atoms with Gasteiger partial charge in [-0.2, -0.15) is 0 Å². The molecule has 2 N–H and O–H groups in total. The van der Waals surface area contributed by atoms with E-state index >= 15 is 0 Å². The second kappa shape index (κ2) is 4.90. The molecular formula is C13H15NO5S. The zero-order chi connectivity index (χ0) is 15.0. The van der Waals surface area contributed by atoms with Gasteiger partial charge in [0.1, 0.15) is 0 Å².